The van der Waals surface area contributed by atoms with Crippen molar-refractivity contribution in [1.29, 1.82) is 0 Å². The van der Waals surface area contributed by atoms with Gasteiger partial charge in [0.15, 0.2) is 0 Å². The Kier molecular flexibility index (Phi) is 1.83. The number of pyridine rings is 1. The summed E-state index contributed by atoms with van der Waals surface area (Å²) in [5.41, 5.74) is 0.943. The first kappa shape index (κ1) is 8.86. The van der Waals surface area contributed by atoms with Gasteiger partial charge < -0.3 is 9.72 Å². The molecule has 2 heterocycles. The van der Waals surface area contributed by atoms with Crippen molar-refractivity contribution in [2.45, 2.75) is 6.36 Å². The summed E-state index contributed by atoms with van der Waals surface area (Å²) in [4.78, 5) is 6.30. The molecule has 0 aliphatic rings. The van der Waals surface area contributed by atoms with Gasteiger partial charge in [0.2, 0.25) is 5.88 Å². The van der Waals surface area contributed by atoms with Crippen LogP contribution in [0.2, 0.25) is 0 Å². The maximum atomic E-state index is 11.8. The molecule has 0 fully saturated rings. The van der Waals surface area contributed by atoms with E-state index < -0.39 is 6.36 Å². The smallest absolute Gasteiger partial charge is 0.390 e. The SMILES string of the molecule is FC(F)(F)Oc1cc2ncccc2[nH]1. The summed E-state index contributed by atoms with van der Waals surface area (Å²) in [5, 5.41) is 0. The normalized spacial score (nSPS) is 11.9. The van der Waals surface area contributed by atoms with Crippen molar-refractivity contribution in [3.63, 3.8) is 0 Å². The Morgan fingerprint density at radius 1 is 1.36 bits per heavy atom. The Hall–Kier alpha value is -1.72. The third-order valence-electron chi connectivity index (χ3n) is 1.59. The number of nitrogens with one attached hydrogen (secondary N) is 1. The first-order chi connectivity index (χ1) is 6.54. The van der Waals surface area contributed by atoms with Crippen molar-refractivity contribution in [2.24, 2.45) is 0 Å². The molecule has 6 heteroatoms. The van der Waals surface area contributed by atoms with Gasteiger partial charge in [-0.15, -0.1) is 13.2 Å². The van der Waals surface area contributed by atoms with Gasteiger partial charge in [0, 0.05) is 12.3 Å². The fourth-order valence-electron chi connectivity index (χ4n) is 1.11. The van der Waals surface area contributed by atoms with Gasteiger partial charge in [-0.3, -0.25) is 4.98 Å². The Bertz CT molecular complexity index is 416. The minimum Gasteiger partial charge on any atom is -0.390 e. The molecule has 0 bridgehead atoms. The zero-order valence-electron chi connectivity index (χ0n) is 6.80. The Morgan fingerprint density at radius 3 is 2.79 bits per heavy atom. The van der Waals surface area contributed by atoms with Gasteiger partial charge in [0.25, 0.3) is 0 Å². The molecule has 0 atom stereocenters. The second-order valence-electron chi connectivity index (χ2n) is 2.62. The van der Waals surface area contributed by atoms with E-state index in [2.05, 4.69) is 14.7 Å². The van der Waals surface area contributed by atoms with Gasteiger partial charge in [-0.25, -0.2) is 0 Å². The third kappa shape index (κ3) is 1.78. The van der Waals surface area contributed by atoms with Crippen LogP contribution in [-0.4, -0.2) is 16.3 Å². The van der Waals surface area contributed by atoms with Gasteiger partial charge in [-0.05, 0) is 12.1 Å². The molecule has 2 aromatic heterocycles. The molecule has 0 radical (unpaired) electrons. The minimum atomic E-state index is -4.68. The number of nitrogens with zero attached hydrogens (tertiary/aromatic N) is 1. The largest absolute Gasteiger partial charge is 0.574 e. The average molecular weight is 202 g/mol. The summed E-state index contributed by atoms with van der Waals surface area (Å²) in [6, 6.07) is 4.44. The molecule has 0 amide bonds. The monoisotopic (exact) mass is 202 g/mol. The first-order valence-electron chi connectivity index (χ1n) is 3.74. The standard InChI is InChI=1S/C8H5F3N2O/c9-8(10,11)14-7-4-6-5(13-7)2-1-3-12-6/h1-4,13H. The van der Waals surface area contributed by atoms with Crippen molar-refractivity contribution in [2.75, 3.05) is 0 Å². The average Bonchev–Trinajstić information content (AvgIpc) is 2.42. The van der Waals surface area contributed by atoms with Crippen LogP contribution in [0.15, 0.2) is 24.4 Å². The molecule has 0 aliphatic heterocycles. The van der Waals surface area contributed by atoms with Gasteiger partial charge in [-0.1, -0.05) is 0 Å². The third-order valence-corrected chi connectivity index (χ3v) is 1.59. The van der Waals surface area contributed by atoms with E-state index in [4.69, 9.17) is 0 Å². The molecule has 0 aromatic carbocycles. The number of aromatic amines is 1. The van der Waals surface area contributed by atoms with Crippen molar-refractivity contribution in [3.05, 3.63) is 24.4 Å². The number of ether oxygens (including phenoxy) is 1. The highest BCUT2D eigenvalue weighted by atomic mass is 19.4. The van der Waals surface area contributed by atoms with E-state index in [1.807, 2.05) is 0 Å². The maximum Gasteiger partial charge on any atom is 0.574 e. The van der Waals surface area contributed by atoms with Gasteiger partial charge in [0.1, 0.15) is 0 Å². The summed E-state index contributed by atoms with van der Waals surface area (Å²) < 4.78 is 39.1. The number of rotatable bonds is 1. The molecule has 0 saturated carbocycles. The lowest BCUT2D eigenvalue weighted by molar-refractivity contribution is -0.275. The number of hydrogen-bond acceptors (Lipinski definition) is 2. The highest BCUT2D eigenvalue weighted by molar-refractivity contribution is 5.76. The topological polar surface area (TPSA) is 37.9 Å². The van der Waals surface area contributed by atoms with Crippen LogP contribution in [0.4, 0.5) is 13.2 Å². The van der Waals surface area contributed by atoms with Crippen molar-refractivity contribution >= 4 is 11.0 Å². The second kappa shape index (κ2) is 2.90. The molecule has 0 spiro atoms. The molecule has 3 nitrogen and oxygen atoms in total. The van der Waals surface area contributed by atoms with Crippen LogP contribution < -0.4 is 4.74 Å². The first-order valence-corrected chi connectivity index (χ1v) is 3.74. The highest BCUT2D eigenvalue weighted by Crippen LogP contribution is 2.24. The van der Waals surface area contributed by atoms with E-state index in [0.29, 0.717) is 11.0 Å². The molecule has 74 valence electrons. The van der Waals surface area contributed by atoms with E-state index in [1.165, 1.54) is 12.3 Å². The Labute approximate surface area is 76.5 Å². The molecular formula is C8H5F3N2O. The van der Waals surface area contributed by atoms with Crippen LogP contribution in [0.1, 0.15) is 0 Å². The molecule has 1 N–H and O–H groups in total. The van der Waals surface area contributed by atoms with Crippen LogP contribution in [-0.2, 0) is 0 Å². The van der Waals surface area contributed by atoms with Gasteiger partial charge in [-0.2, -0.15) is 0 Å². The maximum absolute atomic E-state index is 11.8. The molecular weight excluding hydrogens is 197 g/mol. The highest BCUT2D eigenvalue weighted by Gasteiger charge is 2.31. The Morgan fingerprint density at radius 2 is 2.14 bits per heavy atom. The zero-order valence-corrected chi connectivity index (χ0v) is 6.80. The fraction of sp³-hybridized carbons (Fsp3) is 0.125. The van der Waals surface area contributed by atoms with E-state index in [9.17, 15) is 13.2 Å². The number of alkyl halides is 3. The van der Waals surface area contributed by atoms with Crippen LogP contribution in [0.5, 0.6) is 5.88 Å². The van der Waals surface area contributed by atoms with Crippen molar-refractivity contribution in [1.82, 2.24) is 9.97 Å². The predicted octanol–water partition coefficient (Wildman–Crippen LogP) is 2.46. The van der Waals surface area contributed by atoms with Crippen LogP contribution >= 0.6 is 0 Å². The predicted molar refractivity (Wildman–Crippen MR) is 42.8 cm³/mol. The summed E-state index contributed by atoms with van der Waals surface area (Å²) in [6.45, 7) is 0. The number of H-pyrrole nitrogens is 1. The quantitative estimate of drug-likeness (QED) is 0.771. The van der Waals surface area contributed by atoms with Crippen molar-refractivity contribution in [3.8, 4) is 5.88 Å². The molecule has 0 unspecified atom stereocenters. The van der Waals surface area contributed by atoms with E-state index in [0.717, 1.165) is 0 Å². The van der Waals surface area contributed by atoms with Crippen molar-refractivity contribution < 1.29 is 17.9 Å². The fourth-order valence-corrected chi connectivity index (χ4v) is 1.11. The molecule has 2 aromatic rings. The number of aromatic nitrogens is 2. The lowest BCUT2D eigenvalue weighted by Crippen LogP contribution is -2.17. The molecule has 0 aliphatic carbocycles. The summed E-state index contributed by atoms with van der Waals surface area (Å²) in [5.74, 6) is -0.355. The van der Waals surface area contributed by atoms with E-state index in [1.54, 1.807) is 12.1 Å². The second-order valence-corrected chi connectivity index (χ2v) is 2.62. The van der Waals surface area contributed by atoms with Gasteiger partial charge >= 0.3 is 6.36 Å². The zero-order chi connectivity index (χ0) is 10.2. The van der Waals surface area contributed by atoms with Gasteiger partial charge in [0.05, 0.1) is 11.0 Å². The van der Waals surface area contributed by atoms with E-state index in [-0.39, 0.29) is 5.88 Å². The van der Waals surface area contributed by atoms with Crippen LogP contribution in [0, 0.1) is 0 Å². The van der Waals surface area contributed by atoms with Crippen LogP contribution in [0.25, 0.3) is 11.0 Å². The number of hydrogen-bond donors (Lipinski definition) is 1. The lowest BCUT2D eigenvalue weighted by atomic mass is 10.4. The molecule has 0 saturated heterocycles. The lowest BCUT2D eigenvalue weighted by Gasteiger charge is -2.04. The van der Waals surface area contributed by atoms with E-state index >= 15 is 0 Å². The summed E-state index contributed by atoms with van der Waals surface area (Å²) in [7, 11) is 0. The minimum absolute atomic E-state index is 0.355. The number of fused-ring (bicyclic) bond motifs is 1. The molecule has 14 heavy (non-hydrogen) atoms. The summed E-state index contributed by atoms with van der Waals surface area (Å²) >= 11 is 0. The van der Waals surface area contributed by atoms with Crippen LogP contribution in [0.3, 0.4) is 0 Å². The summed E-state index contributed by atoms with van der Waals surface area (Å²) in [6.07, 6.45) is -3.19. The number of halogens is 3. The Balaban J connectivity index is 2.36. The molecule has 2 rings (SSSR count).